The molecule has 0 aliphatic carbocycles. The van der Waals surface area contributed by atoms with Gasteiger partial charge in [0.1, 0.15) is 0 Å². The second kappa shape index (κ2) is 4.93. The average Bonchev–Trinajstić information content (AvgIpc) is 2.22. The van der Waals surface area contributed by atoms with E-state index in [1.807, 2.05) is 0 Å². The molecule has 0 heterocycles. The molecule has 3 nitrogen and oxygen atoms in total. The minimum atomic E-state index is -0.654. The molecule has 15 heavy (non-hydrogen) atoms. The fourth-order valence-electron chi connectivity index (χ4n) is 1.35. The Morgan fingerprint density at radius 2 is 1.80 bits per heavy atom. The Balaban J connectivity index is 3.30. The van der Waals surface area contributed by atoms with Crippen LogP contribution in [0.5, 0.6) is 11.5 Å². The molecule has 0 spiro atoms. The van der Waals surface area contributed by atoms with Crippen molar-refractivity contribution in [3.8, 4) is 11.5 Å². The molecule has 0 atom stereocenters. The Morgan fingerprint density at radius 3 is 2.27 bits per heavy atom. The van der Waals surface area contributed by atoms with Crippen LogP contribution in [0.2, 0.25) is 0 Å². The molecular weight excluding hydrogens is 204 g/mol. The van der Waals surface area contributed by atoms with Crippen LogP contribution in [0.3, 0.4) is 0 Å². The molecule has 0 unspecified atom stereocenters. The third-order valence-corrected chi connectivity index (χ3v) is 2.03. The van der Waals surface area contributed by atoms with Crippen LogP contribution in [-0.4, -0.2) is 20.8 Å². The van der Waals surface area contributed by atoms with Gasteiger partial charge in [-0.1, -0.05) is 0 Å². The van der Waals surface area contributed by atoms with E-state index in [1.165, 1.54) is 14.2 Å². The van der Waals surface area contributed by atoms with E-state index in [-0.39, 0.29) is 30.0 Å². The molecule has 0 aliphatic heterocycles. The molecular formula is C10H13F2NO2. The minimum Gasteiger partial charge on any atom is -0.490 e. The first kappa shape index (κ1) is 11.7. The van der Waals surface area contributed by atoms with Crippen molar-refractivity contribution >= 4 is 0 Å². The van der Waals surface area contributed by atoms with Gasteiger partial charge in [0.15, 0.2) is 23.1 Å². The zero-order chi connectivity index (χ0) is 11.4. The van der Waals surface area contributed by atoms with Crippen molar-refractivity contribution < 1.29 is 18.3 Å². The van der Waals surface area contributed by atoms with Crippen molar-refractivity contribution in [2.45, 2.75) is 6.42 Å². The van der Waals surface area contributed by atoms with Crippen LogP contribution < -0.4 is 15.2 Å². The number of nitrogens with two attached hydrogens (primary N) is 1. The van der Waals surface area contributed by atoms with E-state index in [1.54, 1.807) is 0 Å². The van der Waals surface area contributed by atoms with Gasteiger partial charge in [-0.2, -0.15) is 0 Å². The van der Waals surface area contributed by atoms with E-state index in [2.05, 4.69) is 0 Å². The predicted molar refractivity (Wildman–Crippen MR) is 52.2 cm³/mol. The first-order chi connectivity index (χ1) is 7.15. The van der Waals surface area contributed by atoms with Crippen molar-refractivity contribution in [2.75, 3.05) is 20.8 Å². The lowest BCUT2D eigenvalue weighted by Gasteiger charge is -2.12. The fourth-order valence-corrected chi connectivity index (χ4v) is 1.35. The third kappa shape index (κ3) is 2.18. The summed E-state index contributed by atoms with van der Waals surface area (Å²) >= 11 is 0. The smallest absolute Gasteiger partial charge is 0.200 e. The Labute approximate surface area is 86.8 Å². The Hall–Kier alpha value is -1.36. The topological polar surface area (TPSA) is 44.5 Å². The SMILES string of the molecule is COc1c(F)cc(CCN)c(F)c1OC. The largest absolute Gasteiger partial charge is 0.490 e. The summed E-state index contributed by atoms with van der Waals surface area (Å²) in [5.41, 5.74) is 5.47. The highest BCUT2D eigenvalue weighted by atomic mass is 19.1. The van der Waals surface area contributed by atoms with Crippen LogP contribution >= 0.6 is 0 Å². The van der Waals surface area contributed by atoms with Crippen LogP contribution in [0.4, 0.5) is 8.78 Å². The normalized spacial score (nSPS) is 10.2. The number of benzene rings is 1. The maximum atomic E-state index is 13.7. The van der Waals surface area contributed by atoms with E-state index in [0.717, 1.165) is 6.07 Å². The molecule has 0 fully saturated rings. The molecule has 2 N–H and O–H groups in total. The van der Waals surface area contributed by atoms with E-state index in [0.29, 0.717) is 0 Å². The molecule has 0 saturated heterocycles. The lowest BCUT2D eigenvalue weighted by atomic mass is 10.1. The maximum absolute atomic E-state index is 13.7. The molecule has 0 aliphatic rings. The van der Waals surface area contributed by atoms with Gasteiger partial charge in [0, 0.05) is 0 Å². The van der Waals surface area contributed by atoms with Gasteiger partial charge >= 0.3 is 0 Å². The van der Waals surface area contributed by atoms with Crippen LogP contribution in [-0.2, 0) is 6.42 Å². The van der Waals surface area contributed by atoms with Gasteiger partial charge in [-0.15, -0.1) is 0 Å². The van der Waals surface area contributed by atoms with Gasteiger partial charge in [0.25, 0.3) is 0 Å². The molecule has 84 valence electrons. The Kier molecular flexibility index (Phi) is 3.85. The van der Waals surface area contributed by atoms with Crippen molar-refractivity contribution in [1.29, 1.82) is 0 Å². The lowest BCUT2D eigenvalue weighted by Crippen LogP contribution is -2.07. The highest BCUT2D eigenvalue weighted by Crippen LogP contribution is 2.34. The molecule has 0 bridgehead atoms. The predicted octanol–water partition coefficient (Wildman–Crippen LogP) is 1.48. The number of rotatable bonds is 4. The van der Waals surface area contributed by atoms with E-state index in [9.17, 15) is 8.78 Å². The zero-order valence-corrected chi connectivity index (χ0v) is 8.64. The maximum Gasteiger partial charge on any atom is 0.200 e. The quantitative estimate of drug-likeness (QED) is 0.830. The summed E-state index contributed by atoms with van der Waals surface area (Å²) in [5.74, 6) is -1.72. The van der Waals surface area contributed by atoms with Crippen molar-refractivity contribution in [2.24, 2.45) is 5.73 Å². The van der Waals surface area contributed by atoms with Crippen molar-refractivity contribution in [3.63, 3.8) is 0 Å². The zero-order valence-electron chi connectivity index (χ0n) is 8.64. The minimum absolute atomic E-state index is 0.188. The fraction of sp³-hybridized carbons (Fsp3) is 0.400. The number of methoxy groups -OCH3 is 2. The molecule has 1 aromatic rings. The molecule has 0 amide bonds. The molecule has 1 aromatic carbocycles. The highest BCUT2D eigenvalue weighted by molar-refractivity contribution is 5.45. The standard InChI is InChI=1S/C10H13F2NO2/c1-14-9-7(11)5-6(3-4-13)8(12)10(9)15-2/h5H,3-4,13H2,1-2H3. The first-order valence-corrected chi connectivity index (χ1v) is 4.44. The Morgan fingerprint density at radius 1 is 1.20 bits per heavy atom. The summed E-state index contributed by atoms with van der Waals surface area (Å²) in [5, 5.41) is 0. The van der Waals surface area contributed by atoms with E-state index in [4.69, 9.17) is 15.2 Å². The van der Waals surface area contributed by atoms with Gasteiger partial charge in [0.2, 0.25) is 0 Å². The summed E-state index contributed by atoms with van der Waals surface area (Å²) in [7, 11) is 2.51. The number of hydrogen-bond donors (Lipinski definition) is 1. The van der Waals surface area contributed by atoms with Crippen LogP contribution in [0.25, 0.3) is 0 Å². The van der Waals surface area contributed by atoms with Crippen LogP contribution in [0.1, 0.15) is 5.56 Å². The van der Waals surface area contributed by atoms with Gasteiger partial charge in [-0.3, -0.25) is 0 Å². The van der Waals surface area contributed by atoms with Gasteiger partial charge in [-0.25, -0.2) is 8.78 Å². The molecule has 5 heteroatoms. The average molecular weight is 217 g/mol. The summed E-state index contributed by atoms with van der Waals surface area (Å²) in [4.78, 5) is 0. The highest BCUT2D eigenvalue weighted by Gasteiger charge is 2.19. The van der Waals surface area contributed by atoms with E-state index < -0.39 is 11.6 Å². The summed E-state index contributed by atoms with van der Waals surface area (Å²) in [6.45, 7) is 0.242. The summed E-state index contributed by atoms with van der Waals surface area (Å²) in [6.07, 6.45) is 0.253. The van der Waals surface area contributed by atoms with Crippen molar-refractivity contribution in [3.05, 3.63) is 23.3 Å². The van der Waals surface area contributed by atoms with Crippen LogP contribution in [0.15, 0.2) is 6.07 Å². The second-order valence-corrected chi connectivity index (χ2v) is 2.94. The number of hydrogen-bond acceptors (Lipinski definition) is 3. The monoisotopic (exact) mass is 217 g/mol. The molecule has 0 saturated carbocycles. The molecule has 0 aromatic heterocycles. The Bertz CT molecular complexity index is 356. The third-order valence-electron chi connectivity index (χ3n) is 2.03. The van der Waals surface area contributed by atoms with Crippen LogP contribution in [0, 0.1) is 11.6 Å². The molecule has 0 radical (unpaired) electrons. The summed E-state index contributed by atoms with van der Waals surface area (Å²) in [6, 6.07) is 1.07. The van der Waals surface area contributed by atoms with Gasteiger partial charge < -0.3 is 15.2 Å². The number of halogens is 2. The summed E-state index contributed by atoms with van der Waals surface area (Å²) < 4.78 is 36.5. The van der Waals surface area contributed by atoms with Gasteiger partial charge in [-0.05, 0) is 24.6 Å². The lowest BCUT2D eigenvalue weighted by molar-refractivity contribution is 0.320. The first-order valence-electron chi connectivity index (χ1n) is 4.44. The molecule has 1 rings (SSSR count). The van der Waals surface area contributed by atoms with Crippen molar-refractivity contribution in [1.82, 2.24) is 0 Å². The van der Waals surface area contributed by atoms with Gasteiger partial charge in [0.05, 0.1) is 14.2 Å². The van der Waals surface area contributed by atoms with E-state index >= 15 is 0 Å². The number of ether oxygens (including phenoxy) is 2. The second-order valence-electron chi connectivity index (χ2n) is 2.94.